The maximum absolute atomic E-state index is 2.44. The van der Waals surface area contributed by atoms with Crippen molar-refractivity contribution in [1.82, 2.24) is 4.81 Å². The molecule has 1 saturated heterocycles. The molecule has 1 aliphatic heterocycles. The van der Waals surface area contributed by atoms with Gasteiger partial charge in [0.2, 0.25) is 0 Å². The second kappa shape index (κ2) is 3.84. The number of rotatable bonds is 1. The lowest BCUT2D eigenvalue weighted by Crippen LogP contribution is -2.45. The summed E-state index contributed by atoms with van der Waals surface area (Å²) >= 11 is 0. The molecular weight excluding hydrogens is 159 g/mol. The van der Waals surface area contributed by atoms with E-state index < -0.39 is 0 Å². The zero-order valence-corrected chi connectivity index (χ0v) is 8.11. The topological polar surface area (TPSA) is 6.48 Å². The fourth-order valence-electron chi connectivity index (χ4n) is 1.70. The molecule has 2 rings (SSSR count). The quantitative estimate of drug-likeness (QED) is 0.567. The second-order valence-electron chi connectivity index (χ2n) is 3.63. The first-order valence-corrected chi connectivity index (χ1v) is 4.85. The number of nitrogens with zero attached hydrogens (tertiary/aromatic N) is 2. The van der Waals surface area contributed by atoms with Crippen LogP contribution in [0.25, 0.3) is 0 Å². The lowest BCUT2D eigenvalue weighted by Gasteiger charge is -2.34. The van der Waals surface area contributed by atoms with Crippen molar-refractivity contribution in [1.29, 1.82) is 0 Å². The Labute approximate surface area is 80.6 Å². The number of anilines is 1. The zero-order chi connectivity index (χ0) is 9.10. The van der Waals surface area contributed by atoms with E-state index >= 15 is 0 Å². The summed E-state index contributed by atoms with van der Waals surface area (Å²) in [5.74, 6) is 0. The average Bonchev–Trinajstić information content (AvgIpc) is 2.20. The molecule has 0 atom stereocenters. The van der Waals surface area contributed by atoms with E-state index in [0.29, 0.717) is 0 Å². The van der Waals surface area contributed by atoms with E-state index in [2.05, 4.69) is 48.0 Å². The van der Waals surface area contributed by atoms with Crippen LogP contribution in [0.3, 0.4) is 0 Å². The molecule has 13 heavy (non-hydrogen) atoms. The van der Waals surface area contributed by atoms with Crippen LogP contribution in [0.1, 0.15) is 0 Å². The molecule has 1 aromatic carbocycles. The fourth-order valence-corrected chi connectivity index (χ4v) is 1.70. The Morgan fingerprint density at radius 3 is 2.15 bits per heavy atom. The molecule has 0 N–H and O–H groups in total. The van der Waals surface area contributed by atoms with Gasteiger partial charge in [-0.3, -0.25) is 0 Å². The van der Waals surface area contributed by atoms with Gasteiger partial charge in [-0.2, -0.15) is 0 Å². The molecule has 0 aliphatic carbocycles. The van der Waals surface area contributed by atoms with Crippen molar-refractivity contribution in [2.45, 2.75) is 0 Å². The van der Waals surface area contributed by atoms with Gasteiger partial charge in [0, 0.05) is 31.9 Å². The van der Waals surface area contributed by atoms with Crippen molar-refractivity contribution in [3.63, 3.8) is 0 Å². The minimum atomic E-state index is 1.15. The van der Waals surface area contributed by atoms with Crippen LogP contribution in [0.5, 0.6) is 0 Å². The van der Waals surface area contributed by atoms with Crippen LogP contribution in [0.15, 0.2) is 30.3 Å². The first-order valence-electron chi connectivity index (χ1n) is 4.85. The van der Waals surface area contributed by atoms with Crippen LogP contribution in [0, 0.1) is 0 Å². The first kappa shape index (κ1) is 8.63. The van der Waals surface area contributed by atoms with E-state index in [1.54, 1.807) is 0 Å². The Bertz CT molecular complexity index is 255. The van der Waals surface area contributed by atoms with Gasteiger partial charge in [0.1, 0.15) is 0 Å². The molecule has 1 fully saturated rings. The Morgan fingerprint density at radius 1 is 0.923 bits per heavy atom. The van der Waals surface area contributed by atoms with Crippen LogP contribution in [-0.4, -0.2) is 39.0 Å². The number of benzene rings is 1. The fraction of sp³-hybridized carbons (Fsp3) is 0.400. The van der Waals surface area contributed by atoms with Gasteiger partial charge in [-0.15, -0.1) is 0 Å². The summed E-state index contributed by atoms with van der Waals surface area (Å²) in [5, 5.41) is 0. The maximum Gasteiger partial charge on any atom is 0.185 e. The molecule has 0 saturated carbocycles. The number of para-hydroxylation sites is 1. The highest BCUT2D eigenvalue weighted by molar-refractivity contribution is 6.04. The number of hydrogen-bond donors (Lipinski definition) is 0. The van der Waals surface area contributed by atoms with Crippen molar-refractivity contribution in [2.24, 2.45) is 0 Å². The molecule has 1 aromatic rings. The summed E-state index contributed by atoms with van der Waals surface area (Å²) in [6.07, 6.45) is 0. The van der Waals surface area contributed by atoms with E-state index in [1.165, 1.54) is 18.8 Å². The first-order chi connectivity index (χ1) is 6.36. The Balaban J connectivity index is 2.03. The number of piperazine rings is 1. The molecule has 0 spiro atoms. The smallest absolute Gasteiger partial charge is 0.185 e. The summed E-state index contributed by atoms with van der Waals surface area (Å²) in [5.41, 5.74) is 1.36. The third kappa shape index (κ3) is 2.04. The Kier molecular flexibility index (Phi) is 2.55. The van der Waals surface area contributed by atoms with Gasteiger partial charge < -0.3 is 9.71 Å². The van der Waals surface area contributed by atoms with Crippen molar-refractivity contribution >= 4 is 13.7 Å². The van der Waals surface area contributed by atoms with Gasteiger partial charge in [0.25, 0.3) is 0 Å². The second-order valence-corrected chi connectivity index (χ2v) is 3.63. The standard InChI is InChI=1S/C10H15BN2/c11-13-8-6-12(7-9-13)10-4-2-1-3-5-10/h1-5H,6-9,11H2. The van der Waals surface area contributed by atoms with Gasteiger partial charge in [-0.25, -0.2) is 0 Å². The van der Waals surface area contributed by atoms with Crippen LogP contribution >= 0.6 is 0 Å². The minimum absolute atomic E-state index is 1.15. The summed E-state index contributed by atoms with van der Waals surface area (Å²) in [6, 6.07) is 10.7. The van der Waals surface area contributed by atoms with E-state index in [4.69, 9.17) is 0 Å². The molecule has 2 nitrogen and oxygen atoms in total. The Morgan fingerprint density at radius 2 is 1.54 bits per heavy atom. The van der Waals surface area contributed by atoms with Crippen molar-refractivity contribution in [3.8, 4) is 0 Å². The highest BCUT2D eigenvalue weighted by atomic mass is 15.2. The molecule has 0 radical (unpaired) electrons. The molecule has 3 heteroatoms. The van der Waals surface area contributed by atoms with Gasteiger partial charge >= 0.3 is 0 Å². The van der Waals surface area contributed by atoms with Gasteiger partial charge in [-0.1, -0.05) is 18.2 Å². The summed E-state index contributed by atoms with van der Waals surface area (Å²) < 4.78 is 0. The molecule has 0 unspecified atom stereocenters. The lowest BCUT2D eigenvalue weighted by molar-refractivity contribution is 0.415. The highest BCUT2D eigenvalue weighted by Gasteiger charge is 2.12. The van der Waals surface area contributed by atoms with Crippen LogP contribution in [0.4, 0.5) is 5.69 Å². The summed E-state index contributed by atoms with van der Waals surface area (Å²) in [7, 11) is 2.18. The van der Waals surface area contributed by atoms with Gasteiger partial charge in [0.15, 0.2) is 7.98 Å². The van der Waals surface area contributed by atoms with Crippen molar-refractivity contribution in [3.05, 3.63) is 30.3 Å². The number of hydrogen-bond acceptors (Lipinski definition) is 2. The molecule has 68 valence electrons. The largest absolute Gasteiger partial charge is 0.369 e. The summed E-state index contributed by atoms with van der Waals surface area (Å²) in [4.78, 5) is 4.82. The average molecular weight is 174 g/mol. The van der Waals surface area contributed by atoms with Crippen molar-refractivity contribution < 1.29 is 0 Å². The molecule has 0 bridgehead atoms. The van der Waals surface area contributed by atoms with Gasteiger partial charge in [-0.05, 0) is 12.1 Å². The SMILES string of the molecule is BN1CCN(c2ccccc2)CC1. The minimum Gasteiger partial charge on any atom is -0.369 e. The van der Waals surface area contributed by atoms with Crippen molar-refractivity contribution in [2.75, 3.05) is 31.1 Å². The lowest BCUT2D eigenvalue weighted by atomic mass is 10.2. The Hall–Kier alpha value is -0.955. The third-order valence-corrected chi connectivity index (χ3v) is 2.62. The van der Waals surface area contributed by atoms with Crippen LogP contribution in [0.2, 0.25) is 0 Å². The zero-order valence-electron chi connectivity index (χ0n) is 8.11. The van der Waals surface area contributed by atoms with E-state index in [0.717, 1.165) is 13.1 Å². The van der Waals surface area contributed by atoms with E-state index in [9.17, 15) is 0 Å². The monoisotopic (exact) mass is 174 g/mol. The predicted octanol–water partition coefficient (Wildman–Crippen LogP) is 0.357. The molecule has 0 amide bonds. The van der Waals surface area contributed by atoms with Crippen LogP contribution < -0.4 is 4.90 Å². The van der Waals surface area contributed by atoms with E-state index in [1.807, 2.05) is 0 Å². The maximum atomic E-state index is 2.44. The molecule has 1 aliphatic rings. The van der Waals surface area contributed by atoms with Gasteiger partial charge in [0.05, 0.1) is 0 Å². The predicted molar refractivity (Wildman–Crippen MR) is 58.8 cm³/mol. The molecule has 0 aromatic heterocycles. The highest BCUT2D eigenvalue weighted by Crippen LogP contribution is 2.14. The third-order valence-electron chi connectivity index (χ3n) is 2.62. The van der Waals surface area contributed by atoms with E-state index in [-0.39, 0.29) is 0 Å². The molecular formula is C10H15BN2. The van der Waals surface area contributed by atoms with Crippen LogP contribution in [-0.2, 0) is 0 Å². The summed E-state index contributed by atoms with van der Waals surface area (Å²) in [6.45, 7) is 4.66. The molecule has 1 heterocycles. The normalized spacial score (nSPS) is 18.9.